The van der Waals surface area contributed by atoms with Crippen molar-refractivity contribution in [3.63, 3.8) is 0 Å². The van der Waals surface area contributed by atoms with Crippen LogP contribution < -0.4 is 0 Å². The first-order valence-corrected chi connectivity index (χ1v) is 10.3. The number of rotatable bonds is 7. The lowest BCUT2D eigenvalue weighted by molar-refractivity contribution is 0.0560. The molecule has 1 aliphatic carbocycles. The maximum atomic E-state index is 6.90. The predicted octanol–water partition coefficient (Wildman–Crippen LogP) is 5.15. The summed E-state index contributed by atoms with van der Waals surface area (Å²) in [5.41, 5.74) is 1.07. The molecule has 1 rings (SSSR count). The predicted molar refractivity (Wildman–Crippen MR) is 86.6 cm³/mol. The first kappa shape index (κ1) is 16.5. The Hall–Kier alpha value is -0.523. The smallest absolute Gasteiger partial charge is 0.193 e. The second-order valence-corrected chi connectivity index (χ2v) is 10.7. The van der Waals surface area contributed by atoms with Crippen LogP contribution in [0, 0.1) is 18.3 Å². The molecule has 0 N–H and O–H groups in total. The summed E-state index contributed by atoms with van der Waals surface area (Å²) < 4.78 is 6.90. The van der Waals surface area contributed by atoms with Crippen molar-refractivity contribution in [1.82, 2.24) is 0 Å². The van der Waals surface area contributed by atoms with Gasteiger partial charge < -0.3 is 4.43 Å². The van der Waals surface area contributed by atoms with Crippen LogP contribution in [-0.4, -0.2) is 13.9 Å². The highest BCUT2D eigenvalue weighted by Crippen LogP contribution is 2.48. The molecule has 1 aliphatic rings. The van der Waals surface area contributed by atoms with Crippen molar-refractivity contribution in [2.24, 2.45) is 5.92 Å². The van der Waals surface area contributed by atoms with E-state index in [1.165, 1.54) is 36.5 Å². The molecule has 1 nitrogen and oxygen atoms in total. The molecule has 2 heteroatoms. The van der Waals surface area contributed by atoms with Gasteiger partial charge in [-0.15, -0.1) is 12.3 Å². The summed E-state index contributed by atoms with van der Waals surface area (Å²) in [4.78, 5) is 0. The lowest BCUT2D eigenvalue weighted by Gasteiger charge is -2.44. The highest BCUT2D eigenvalue weighted by Gasteiger charge is 2.48. The zero-order chi connectivity index (χ0) is 14.5. The summed E-state index contributed by atoms with van der Waals surface area (Å²) in [6, 6.07) is 3.58. The Morgan fingerprint density at radius 2 is 1.95 bits per heavy atom. The van der Waals surface area contributed by atoms with Crippen molar-refractivity contribution < 1.29 is 4.43 Å². The molecule has 2 atom stereocenters. The summed E-state index contributed by atoms with van der Waals surface area (Å²) in [6.07, 6.45) is 9.93. The Bertz CT molecular complexity index is 342. The standard InChI is InChI=1S/C17H30OSi/c1-7-12-16-13-11-14-17(16,15(5)6)18-19(8-2,9-3)10-4/h1,16H,5,8-14H2,2-4,6H3. The molecule has 0 aromatic carbocycles. The largest absolute Gasteiger partial charge is 0.407 e. The first-order chi connectivity index (χ1) is 9.00. The van der Waals surface area contributed by atoms with Gasteiger partial charge in [-0.05, 0) is 49.9 Å². The second-order valence-electron chi connectivity index (χ2n) is 6.01. The Morgan fingerprint density at radius 1 is 1.37 bits per heavy atom. The van der Waals surface area contributed by atoms with Crippen molar-refractivity contribution in [3.05, 3.63) is 12.2 Å². The van der Waals surface area contributed by atoms with Crippen LogP contribution in [0.4, 0.5) is 0 Å². The van der Waals surface area contributed by atoms with E-state index in [-0.39, 0.29) is 5.60 Å². The molecule has 108 valence electrons. The molecule has 1 fully saturated rings. The highest BCUT2D eigenvalue weighted by atomic mass is 28.4. The van der Waals surface area contributed by atoms with Crippen molar-refractivity contribution >= 4 is 8.32 Å². The van der Waals surface area contributed by atoms with Gasteiger partial charge in [0.25, 0.3) is 0 Å². The Labute approximate surface area is 120 Å². The molecule has 0 aliphatic heterocycles. The summed E-state index contributed by atoms with van der Waals surface area (Å²) in [5, 5.41) is 0. The maximum Gasteiger partial charge on any atom is 0.193 e. The fourth-order valence-corrected chi connectivity index (χ4v) is 6.74. The summed E-state index contributed by atoms with van der Waals surface area (Å²) in [6.45, 7) is 13.3. The molecule has 1 saturated carbocycles. The Balaban J connectivity index is 3.07. The van der Waals surface area contributed by atoms with Gasteiger partial charge >= 0.3 is 0 Å². The fraction of sp³-hybridized carbons (Fsp3) is 0.765. The zero-order valence-corrected chi connectivity index (χ0v) is 14.2. The molecular weight excluding hydrogens is 248 g/mol. The quantitative estimate of drug-likeness (QED) is 0.356. The summed E-state index contributed by atoms with van der Waals surface area (Å²) in [5.74, 6) is 3.33. The topological polar surface area (TPSA) is 9.23 Å². The van der Waals surface area contributed by atoms with E-state index < -0.39 is 8.32 Å². The van der Waals surface area contributed by atoms with Crippen LogP contribution in [0.25, 0.3) is 0 Å². The third-order valence-electron chi connectivity index (χ3n) is 5.18. The van der Waals surface area contributed by atoms with Crippen LogP contribution in [0.2, 0.25) is 18.1 Å². The van der Waals surface area contributed by atoms with Gasteiger partial charge in [0, 0.05) is 12.3 Å². The minimum Gasteiger partial charge on any atom is -0.407 e. The molecule has 0 amide bonds. The van der Waals surface area contributed by atoms with Crippen LogP contribution >= 0.6 is 0 Å². The number of terminal acetylenes is 1. The normalized spacial score (nSPS) is 27.2. The van der Waals surface area contributed by atoms with E-state index >= 15 is 0 Å². The maximum absolute atomic E-state index is 6.90. The van der Waals surface area contributed by atoms with Gasteiger partial charge in [-0.25, -0.2) is 0 Å². The number of hydrogen-bond acceptors (Lipinski definition) is 1. The van der Waals surface area contributed by atoms with Gasteiger partial charge in [0.05, 0.1) is 5.60 Å². The average molecular weight is 279 g/mol. The Kier molecular flexibility index (Phi) is 5.89. The van der Waals surface area contributed by atoms with E-state index in [9.17, 15) is 0 Å². The minimum atomic E-state index is -1.62. The SMILES string of the molecule is C#CCC1CCCC1(O[Si](CC)(CC)CC)C(=C)C. The molecule has 0 spiro atoms. The Morgan fingerprint density at radius 3 is 2.37 bits per heavy atom. The summed E-state index contributed by atoms with van der Waals surface area (Å²) in [7, 11) is -1.62. The summed E-state index contributed by atoms with van der Waals surface area (Å²) >= 11 is 0. The van der Waals surface area contributed by atoms with E-state index in [1.807, 2.05) is 0 Å². The third-order valence-corrected chi connectivity index (χ3v) is 9.84. The van der Waals surface area contributed by atoms with Crippen LogP contribution in [-0.2, 0) is 4.43 Å². The molecule has 19 heavy (non-hydrogen) atoms. The molecule has 0 bridgehead atoms. The molecule has 2 unspecified atom stereocenters. The van der Waals surface area contributed by atoms with E-state index in [0.29, 0.717) is 5.92 Å². The van der Waals surface area contributed by atoms with Gasteiger partial charge in [0.1, 0.15) is 0 Å². The van der Waals surface area contributed by atoms with Crippen molar-refractivity contribution in [2.75, 3.05) is 0 Å². The van der Waals surface area contributed by atoms with E-state index in [1.54, 1.807) is 0 Å². The molecule has 0 heterocycles. The lowest BCUT2D eigenvalue weighted by Crippen LogP contribution is -2.49. The highest BCUT2D eigenvalue weighted by molar-refractivity contribution is 6.73. The van der Waals surface area contributed by atoms with E-state index in [4.69, 9.17) is 10.8 Å². The van der Waals surface area contributed by atoms with Crippen LogP contribution in [0.5, 0.6) is 0 Å². The average Bonchev–Trinajstić information content (AvgIpc) is 2.81. The van der Waals surface area contributed by atoms with Crippen LogP contribution in [0.1, 0.15) is 53.4 Å². The van der Waals surface area contributed by atoms with Crippen molar-refractivity contribution in [1.29, 1.82) is 0 Å². The molecule has 0 aromatic rings. The van der Waals surface area contributed by atoms with Gasteiger partial charge in [0.15, 0.2) is 8.32 Å². The van der Waals surface area contributed by atoms with Gasteiger partial charge in [-0.2, -0.15) is 0 Å². The lowest BCUT2D eigenvalue weighted by atomic mass is 9.83. The van der Waals surface area contributed by atoms with E-state index in [2.05, 4.69) is 40.2 Å². The van der Waals surface area contributed by atoms with Gasteiger partial charge in [0.2, 0.25) is 0 Å². The number of hydrogen-bond donors (Lipinski definition) is 0. The molecule has 0 radical (unpaired) electrons. The first-order valence-electron chi connectivity index (χ1n) is 7.79. The monoisotopic (exact) mass is 278 g/mol. The third kappa shape index (κ3) is 3.15. The van der Waals surface area contributed by atoms with Crippen LogP contribution in [0.15, 0.2) is 12.2 Å². The van der Waals surface area contributed by atoms with E-state index in [0.717, 1.165) is 12.8 Å². The molecule has 0 saturated heterocycles. The van der Waals surface area contributed by atoms with Crippen LogP contribution in [0.3, 0.4) is 0 Å². The van der Waals surface area contributed by atoms with Crippen molar-refractivity contribution in [2.45, 2.75) is 77.1 Å². The van der Waals surface area contributed by atoms with Gasteiger partial charge in [-0.3, -0.25) is 0 Å². The zero-order valence-electron chi connectivity index (χ0n) is 13.2. The van der Waals surface area contributed by atoms with Gasteiger partial charge in [-0.1, -0.05) is 27.4 Å². The molecule has 0 aromatic heterocycles. The second kappa shape index (κ2) is 6.77. The fourth-order valence-electron chi connectivity index (χ4n) is 3.59. The van der Waals surface area contributed by atoms with Crippen molar-refractivity contribution in [3.8, 4) is 12.3 Å². The molecular formula is C17H30OSi. The minimum absolute atomic E-state index is 0.124.